The normalized spacial score (nSPS) is 12.8. The number of pyridine rings is 1. The van der Waals surface area contributed by atoms with E-state index < -0.39 is 0 Å². The Morgan fingerprint density at radius 3 is 3.10 bits per heavy atom. The molecule has 0 saturated heterocycles. The summed E-state index contributed by atoms with van der Waals surface area (Å²) >= 11 is 0. The van der Waals surface area contributed by atoms with Crippen LogP contribution in [0, 0.1) is 0 Å². The smallest absolute Gasteiger partial charge is 0.231 e. The van der Waals surface area contributed by atoms with Crippen LogP contribution in [0.15, 0.2) is 48.8 Å². The number of aromatic nitrogens is 2. The molecule has 0 fully saturated rings. The molecular weight excluding hydrogens is 254 g/mol. The van der Waals surface area contributed by atoms with Crippen molar-refractivity contribution in [2.24, 2.45) is 0 Å². The molecule has 20 heavy (non-hydrogen) atoms. The van der Waals surface area contributed by atoms with Gasteiger partial charge in [-0.1, -0.05) is 18.2 Å². The standard InChI is InChI=1S/C15H13N3O2/c1-3-11(15-12(4-1)19-10-20-15)9-17-14-6-2-5-13-16-7-8-18(13)14/h1-8,17H,9-10H2. The number of nitrogens with zero attached hydrogens (tertiary/aromatic N) is 2. The lowest BCUT2D eigenvalue weighted by molar-refractivity contribution is 0.173. The zero-order chi connectivity index (χ0) is 13.4. The van der Waals surface area contributed by atoms with E-state index in [0.717, 1.165) is 28.5 Å². The maximum absolute atomic E-state index is 5.51. The third kappa shape index (κ3) is 1.75. The highest BCUT2D eigenvalue weighted by Crippen LogP contribution is 2.35. The average molecular weight is 267 g/mol. The molecule has 100 valence electrons. The molecule has 4 rings (SSSR count). The Morgan fingerprint density at radius 1 is 1.15 bits per heavy atom. The van der Waals surface area contributed by atoms with Crippen LogP contribution in [0.3, 0.4) is 0 Å². The Morgan fingerprint density at radius 2 is 2.10 bits per heavy atom. The van der Waals surface area contributed by atoms with Gasteiger partial charge in [-0.15, -0.1) is 0 Å². The van der Waals surface area contributed by atoms with E-state index in [2.05, 4.69) is 10.3 Å². The summed E-state index contributed by atoms with van der Waals surface area (Å²) < 4.78 is 12.9. The molecule has 5 nitrogen and oxygen atoms in total. The molecule has 3 aromatic rings. The molecule has 1 N–H and O–H groups in total. The van der Waals surface area contributed by atoms with Gasteiger partial charge in [0.25, 0.3) is 0 Å². The average Bonchev–Trinajstić information content (AvgIpc) is 3.13. The quantitative estimate of drug-likeness (QED) is 0.792. The van der Waals surface area contributed by atoms with Crippen LogP contribution in [-0.4, -0.2) is 16.2 Å². The third-order valence-electron chi connectivity index (χ3n) is 3.37. The molecule has 0 radical (unpaired) electrons. The number of benzene rings is 1. The van der Waals surface area contributed by atoms with Crippen LogP contribution in [0.5, 0.6) is 11.5 Å². The van der Waals surface area contributed by atoms with Gasteiger partial charge in [0.05, 0.1) is 0 Å². The number of anilines is 1. The van der Waals surface area contributed by atoms with E-state index >= 15 is 0 Å². The van der Waals surface area contributed by atoms with E-state index in [-0.39, 0.29) is 0 Å². The summed E-state index contributed by atoms with van der Waals surface area (Å²) in [5.41, 5.74) is 2.00. The summed E-state index contributed by atoms with van der Waals surface area (Å²) in [7, 11) is 0. The Bertz CT molecular complexity index is 767. The molecule has 1 aliphatic heterocycles. The first-order valence-electron chi connectivity index (χ1n) is 6.45. The van der Waals surface area contributed by atoms with Crippen LogP contribution in [-0.2, 0) is 6.54 Å². The summed E-state index contributed by atoms with van der Waals surface area (Å²) in [6.07, 6.45) is 3.73. The fourth-order valence-electron chi connectivity index (χ4n) is 2.41. The van der Waals surface area contributed by atoms with Gasteiger partial charge < -0.3 is 14.8 Å². The summed E-state index contributed by atoms with van der Waals surface area (Å²) in [5.74, 6) is 2.64. The van der Waals surface area contributed by atoms with Crippen molar-refractivity contribution in [3.8, 4) is 11.5 Å². The first-order chi connectivity index (χ1) is 9.92. The van der Waals surface area contributed by atoms with Gasteiger partial charge in [-0.05, 0) is 18.2 Å². The van der Waals surface area contributed by atoms with Crippen molar-refractivity contribution >= 4 is 11.5 Å². The molecule has 0 spiro atoms. The van der Waals surface area contributed by atoms with E-state index in [1.807, 2.05) is 47.0 Å². The van der Waals surface area contributed by atoms with Gasteiger partial charge >= 0.3 is 0 Å². The van der Waals surface area contributed by atoms with Crippen molar-refractivity contribution in [3.05, 3.63) is 54.4 Å². The highest BCUT2D eigenvalue weighted by molar-refractivity contribution is 5.52. The second-order valence-corrected chi connectivity index (χ2v) is 4.57. The molecule has 5 heteroatoms. The van der Waals surface area contributed by atoms with Crippen molar-refractivity contribution in [2.75, 3.05) is 12.1 Å². The number of rotatable bonds is 3. The number of nitrogens with one attached hydrogen (secondary N) is 1. The highest BCUT2D eigenvalue weighted by Gasteiger charge is 2.16. The molecular formula is C15H13N3O2. The topological polar surface area (TPSA) is 47.8 Å². The molecule has 3 heterocycles. The second-order valence-electron chi connectivity index (χ2n) is 4.57. The molecule has 1 aromatic carbocycles. The predicted octanol–water partition coefficient (Wildman–Crippen LogP) is 2.68. The highest BCUT2D eigenvalue weighted by atomic mass is 16.7. The summed E-state index contributed by atoms with van der Waals surface area (Å²) in [5, 5.41) is 3.41. The van der Waals surface area contributed by atoms with E-state index in [1.165, 1.54) is 0 Å². The van der Waals surface area contributed by atoms with Crippen LogP contribution >= 0.6 is 0 Å². The molecule has 0 atom stereocenters. The number of para-hydroxylation sites is 1. The first kappa shape index (κ1) is 11.2. The monoisotopic (exact) mass is 267 g/mol. The number of hydrogen-bond donors (Lipinski definition) is 1. The molecule has 0 saturated carbocycles. The van der Waals surface area contributed by atoms with Crippen molar-refractivity contribution in [1.29, 1.82) is 0 Å². The lowest BCUT2D eigenvalue weighted by Gasteiger charge is -2.10. The van der Waals surface area contributed by atoms with Crippen LogP contribution in [0.1, 0.15) is 5.56 Å². The minimum Gasteiger partial charge on any atom is -0.454 e. The Balaban J connectivity index is 1.62. The third-order valence-corrected chi connectivity index (χ3v) is 3.37. The van der Waals surface area contributed by atoms with Crippen LogP contribution in [0.2, 0.25) is 0 Å². The van der Waals surface area contributed by atoms with Crippen LogP contribution in [0.4, 0.5) is 5.82 Å². The largest absolute Gasteiger partial charge is 0.454 e. The van der Waals surface area contributed by atoms with Crippen molar-refractivity contribution in [3.63, 3.8) is 0 Å². The second kappa shape index (κ2) is 4.45. The Hall–Kier alpha value is -2.69. The maximum Gasteiger partial charge on any atom is 0.231 e. The van der Waals surface area contributed by atoms with Crippen LogP contribution < -0.4 is 14.8 Å². The lowest BCUT2D eigenvalue weighted by atomic mass is 10.2. The fourth-order valence-corrected chi connectivity index (χ4v) is 2.41. The molecule has 2 aromatic heterocycles. The van der Waals surface area contributed by atoms with E-state index in [0.29, 0.717) is 13.3 Å². The number of imidazole rings is 1. The Labute approximate surface area is 115 Å². The van der Waals surface area contributed by atoms with Gasteiger partial charge in [0.2, 0.25) is 6.79 Å². The number of ether oxygens (including phenoxy) is 2. The molecule has 1 aliphatic rings. The zero-order valence-electron chi connectivity index (χ0n) is 10.7. The maximum atomic E-state index is 5.51. The fraction of sp³-hybridized carbons (Fsp3) is 0.133. The summed E-state index contributed by atoms with van der Waals surface area (Å²) in [6.45, 7) is 0.966. The number of hydrogen-bond acceptors (Lipinski definition) is 4. The van der Waals surface area contributed by atoms with E-state index in [4.69, 9.17) is 9.47 Å². The summed E-state index contributed by atoms with van der Waals surface area (Å²) in [4.78, 5) is 4.27. The predicted molar refractivity (Wildman–Crippen MR) is 75.1 cm³/mol. The van der Waals surface area contributed by atoms with Gasteiger partial charge in [-0.25, -0.2) is 4.98 Å². The molecule has 0 amide bonds. The van der Waals surface area contributed by atoms with Gasteiger partial charge in [0, 0.05) is 24.5 Å². The molecule has 0 unspecified atom stereocenters. The SMILES string of the molecule is c1cc(CNc2cccc3nccn23)c2c(c1)OCO2. The summed E-state index contributed by atoms with van der Waals surface area (Å²) in [6, 6.07) is 11.9. The van der Waals surface area contributed by atoms with Crippen LogP contribution in [0.25, 0.3) is 5.65 Å². The first-order valence-corrected chi connectivity index (χ1v) is 6.45. The zero-order valence-corrected chi connectivity index (χ0v) is 10.7. The van der Waals surface area contributed by atoms with Crippen molar-refractivity contribution in [1.82, 2.24) is 9.38 Å². The minimum absolute atomic E-state index is 0.295. The Kier molecular flexibility index (Phi) is 2.48. The van der Waals surface area contributed by atoms with Gasteiger partial charge in [0.1, 0.15) is 11.5 Å². The van der Waals surface area contributed by atoms with Gasteiger partial charge in [-0.2, -0.15) is 0 Å². The molecule has 0 aliphatic carbocycles. The number of fused-ring (bicyclic) bond motifs is 2. The van der Waals surface area contributed by atoms with Crippen molar-refractivity contribution in [2.45, 2.75) is 6.54 Å². The molecule has 0 bridgehead atoms. The van der Waals surface area contributed by atoms with E-state index in [9.17, 15) is 0 Å². The van der Waals surface area contributed by atoms with Gasteiger partial charge in [-0.3, -0.25) is 4.40 Å². The van der Waals surface area contributed by atoms with Gasteiger partial charge in [0.15, 0.2) is 11.5 Å². The van der Waals surface area contributed by atoms with Crippen molar-refractivity contribution < 1.29 is 9.47 Å². The lowest BCUT2D eigenvalue weighted by Crippen LogP contribution is -2.04. The minimum atomic E-state index is 0.295. The van der Waals surface area contributed by atoms with E-state index in [1.54, 1.807) is 6.20 Å².